The van der Waals surface area contributed by atoms with Crippen LogP contribution in [0.2, 0.25) is 0 Å². The molecule has 0 radical (unpaired) electrons. The van der Waals surface area contributed by atoms with Crippen molar-refractivity contribution in [3.05, 3.63) is 371 Å². The minimum atomic E-state index is -0.870. The number of hydrogen-bond donors (Lipinski definition) is 11. The van der Waals surface area contributed by atoms with Crippen LogP contribution in [-0.4, -0.2) is 97.2 Å². The lowest BCUT2D eigenvalue weighted by Crippen LogP contribution is -2.23. The molecule has 0 aliphatic carbocycles. The van der Waals surface area contributed by atoms with E-state index < -0.39 is 29.1 Å². The monoisotopic (exact) mass is 1850 g/mol. The van der Waals surface area contributed by atoms with Gasteiger partial charge in [0, 0.05) is 26.9 Å². The second kappa shape index (κ2) is 62.7. The Labute approximate surface area is 806 Å². The van der Waals surface area contributed by atoms with Crippen molar-refractivity contribution < 1.29 is 89.6 Å². The summed E-state index contributed by atoms with van der Waals surface area (Å²) in [5.74, 6) is 0.944. The summed E-state index contributed by atoms with van der Waals surface area (Å²) in [5.41, 5.74) is 7.17. The summed E-state index contributed by atoms with van der Waals surface area (Å²) in [6.45, 7) is 52.0. The van der Waals surface area contributed by atoms with Crippen LogP contribution < -0.4 is 0 Å². The van der Waals surface area contributed by atoms with Gasteiger partial charge in [-0.3, -0.25) is 0 Å². The van der Waals surface area contributed by atoms with Gasteiger partial charge in [-0.25, -0.2) is 24.0 Å². The van der Waals surface area contributed by atoms with Gasteiger partial charge in [-0.1, -0.05) is 320 Å². The third kappa shape index (κ3) is 43.4. The number of phenols is 8. The second-order valence-electron chi connectivity index (χ2n) is 32.9. The lowest BCUT2D eigenvalue weighted by atomic mass is 10.0. The highest BCUT2D eigenvalue weighted by molar-refractivity contribution is 5.95. The molecule has 0 aromatic heterocycles. The van der Waals surface area contributed by atoms with E-state index in [1.807, 2.05) is 290 Å². The number of phenolic OH excluding ortho intramolecular Hbond substituents is 8. The number of carbonyl (C=O) groups is 5. The predicted molar refractivity (Wildman–Crippen MR) is 564 cm³/mol. The fraction of sp³-hybridized carbons (Fsp3) is 0.280. The minimum absolute atomic E-state index is 0.170. The number of esters is 2. The number of rotatable bonds is 10. The largest absolute Gasteiger partial charge is 0.508 e. The summed E-state index contributed by atoms with van der Waals surface area (Å²) in [4.78, 5) is 55.1. The summed E-state index contributed by atoms with van der Waals surface area (Å²) in [7, 11) is 0. The Morgan fingerprint density at radius 1 is 0.213 bits per heavy atom. The number of aromatic hydroxyl groups is 8. The molecule has 726 valence electrons. The quantitative estimate of drug-likeness (QED) is 0.0567. The molecule has 15 aromatic carbocycles. The second-order valence-corrected chi connectivity index (χ2v) is 32.9. The molecule has 18 heteroatoms. The van der Waals surface area contributed by atoms with Gasteiger partial charge < -0.3 is 65.6 Å². The number of carboxylic acid groups (broad SMARTS) is 3. The van der Waals surface area contributed by atoms with Crippen molar-refractivity contribution >= 4 is 83.7 Å². The third-order valence-electron chi connectivity index (χ3n) is 18.9. The highest BCUT2D eigenvalue weighted by Crippen LogP contribution is 2.33. The summed E-state index contributed by atoms with van der Waals surface area (Å²) >= 11 is 0. The Kier molecular flexibility index (Phi) is 55.0. The van der Waals surface area contributed by atoms with Crippen molar-refractivity contribution in [2.75, 3.05) is 0 Å². The van der Waals surface area contributed by atoms with E-state index in [1.54, 1.807) is 164 Å². The topological polar surface area (TPSA) is 326 Å². The zero-order valence-electron chi connectivity index (χ0n) is 84.2. The van der Waals surface area contributed by atoms with E-state index in [-0.39, 0.29) is 46.4 Å². The lowest BCUT2D eigenvalue weighted by Gasteiger charge is -2.19. The van der Waals surface area contributed by atoms with Crippen LogP contribution in [-0.2, 0) is 9.47 Å². The lowest BCUT2D eigenvalue weighted by molar-refractivity contribution is 0.00570. The molecule has 0 unspecified atom stereocenters. The molecule has 11 N–H and O–H groups in total. The van der Waals surface area contributed by atoms with Crippen LogP contribution in [0, 0.1) is 0 Å². The number of benzene rings is 15. The van der Waals surface area contributed by atoms with Crippen LogP contribution in [0.1, 0.15) is 289 Å². The number of carbonyl (C=O) groups excluding carboxylic acids is 2. The molecule has 0 heterocycles. The van der Waals surface area contributed by atoms with Gasteiger partial charge in [0.2, 0.25) is 0 Å². The Morgan fingerprint density at radius 3 is 0.809 bits per heavy atom. The maximum absolute atomic E-state index is 11.7. The summed E-state index contributed by atoms with van der Waals surface area (Å²) in [5, 5.41) is 109. The van der Waals surface area contributed by atoms with Crippen LogP contribution >= 0.6 is 0 Å². The summed E-state index contributed by atoms with van der Waals surface area (Å²) in [6, 6.07) is 93.3. The van der Waals surface area contributed by atoms with Crippen molar-refractivity contribution in [2.24, 2.45) is 0 Å². The summed E-state index contributed by atoms with van der Waals surface area (Å²) < 4.78 is 10.6. The van der Waals surface area contributed by atoms with Gasteiger partial charge in [0.05, 0.1) is 27.8 Å². The molecule has 0 saturated carbocycles. The van der Waals surface area contributed by atoms with Crippen molar-refractivity contribution in [1.29, 1.82) is 0 Å². The van der Waals surface area contributed by atoms with E-state index in [4.69, 9.17) is 40.1 Å². The number of fused-ring (bicyclic) bond motifs is 5. The molecule has 0 amide bonds. The molecular weight excluding hydrogens is 1710 g/mol. The molecule has 15 rings (SSSR count). The van der Waals surface area contributed by atoms with Crippen LogP contribution in [0.3, 0.4) is 0 Å². The predicted octanol–water partition coefficient (Wildman–Crippen LogP) is 32.0. The maximum atomic E-state index is 11.7. The van der Waals surface area contributed by atoms with Crippen LogP contribution in [0.5, 0.6) is 46.0 Å². The van der Waals surface area contributed by atoms with E-state index in [9.17, 15) is 49.5 Å². The highest BCUT2D eigenvalue weighted by atomic mass is 16.6. The molecule has 0 spiro atoms. The maximum Gasteiger partial charge on any atom is 0.338 e. The Hall–Kier alpha value is -14.7. The molecule has 15 aromatic rings. The first-order valence-corrected chi connectivity index (χ1v) is 46.2. The number of carboxylic acids is 3. The minimum Gasteiger partial charge on any atom is -0.508 e. The molecule has 0 fully saturated rings. The number of aromatic carboxylic acids is 3. The van der Waals surface area contributed by atoms with E-state index in [0.717, 1.165) is 48.8 Å². The van der Waals surface area contributed by atoms with Gasteiger partial charge >= 0.3 is 29.8 Å². The van der Waals surface area contributed by atoms with Crippen molar-refractivity contribution in [3.8, 4) is 46.0 Å². The molecule has 0 atom stereocenters. The first-order chi connectivity index (χ1) is 64.5. The van der Waals surface area contributed by atoms with Gasteiger partial charge in [0.25, 0.3) is 0 Å². The van der Waals surface area contributed by atoms with Crippen molar-refractivity contribution in [2.45, 2.75) is 221 Å². The molecule has 18 nitrogen and oxygen atoms in total. The summed E-state index contributed by atoms with van der Waals surface area (Å²) in [6.07, 6.45) is 0. The molecule has 0 aliphatic heterocycles. The molecule has 0 aliphatic rings. The van der Waals surface area contributed by atoms with Gasteiger partial charge in [-0.05, 0) is 259 Å². The Balaban J connectivity index is 0.000000749. The number of ether oxygens (including phenoxy) is 2. The molecule has 0 saturated heterocycles. The average molecular weight is 1850 g/mol. The van der Waals surface area contributed by atoms with Gasteiger partial charge in [0.15, 0.2) is 0 Å². The first kappa shape index (κ1) is 119. The zero-order chi connectivity index (χ0) is 103. The van der Waals surface area contributed by atoms with E-state index in [2.05, 4.69) is 41.5 Å². The first-order valence-electron chi connectivity index (χ1n) is 46.2. The average Bonchev–Trinajstić information content (AvgIpc) is 0.817. The van der Waals surface area contributed by atoms with Gasteiger partial charge in [-0.2, -0.15) is 0 Å². The van der Waals surface area contributed by atoms with E-state index >= 15 is 0 Å². The Bertz CT molecular complexity index is 5830. The van der Waals surface area contributed by atoms with Crippen LogP contribution in [0.15, 0.2) is 315 Å². The van der Waals surface area contributed by atoms with E-state index in [1.165, 1.54) is 16.7 Å². The molecular formula is C118H146O18. The molecule has 0 bridgehead atoms. The fourth-order valence-corrected chi connectivity index (χ4v) is 11.9. The normalized spacial score (nSPS) is 10.1. The fourth-order valence-electron chi connectivity index (χ4n) is 11.9. The molecule has 136 heavy (non-hydrogen) atoms. The highest BCUT2D eigenvalue weighted by Gasteiger charge is 2.20. The van der Waals surface area contributed by atoms with Crippen molar-refractivity contribution in [3.63, 3.8) is 0 Å². The van der Waals surface area contributed by atoms with Crippen LogP contribution in [0.25, 0.3) is 53.9 Å². The number of hydrogen-bond acceptors (Lipinski definition) is 15. The Morgan fingerprint density at radius 2 is 0.463 bits per heavy atom. The van der Waals surface area contributed by atoms with Crippen molar-refractivity contribution in [1.82, 2.24) is 0 Å². The standard InChI is InChI=1S/2C14H20O2.3C10H8O2.3C10H12O2.2C10H8O.5C2H6/c2*1-10(2)11-6-8-12(9-7-11)13(15)16-14(3,4)5;11-9-5-1-3-7-8(9)4-2-6-10(7)12;11-8-4-5-9-7(6-8)2-1-3-10(9)12;11-8-5-4-7-2-1-3-10(12)9(7)6-8;1-7(2)8-3-5-9(6-4-8)10(11)12;2*1-7(2)8-4-3-5-9(6-8)10(11)12;11-10-7-3-5-8-4-1-2-6-9(8)10;11-10-6-5-8-3-1-2-4-9(8)7-10;5*1-2/h2*6-10H,1-5H3;3*1-6,11-12H;3*3-7H,1-2H3,(H,11,12);2*1-7,11H;5*1-2H3. The van der Waals surface area contributed by atoms with Crippen LogP contribution in [0.4, 0.5) is 0 Å². The third-order valence-corrected chi connectivity index (χ3v) is 18.9. The van der Waals surface area contributed by atoms with Gasteiger partial charge in [0.1, 0.15) is 57.2 Å². The zero-order valence-corrected chi connectivity index (χ0v) is 84.2. The SMILES string of the molecule is CC.CC.CC.CC.CC.CC(C)c1ccc(C(=O)O)cc1.CC(C)c1ccc(C(=O)OC(C)(C)C)cc1.CC(C)c1ccc(C(=O)OC(C)(C)C)cc1.CC(C)c1cccc(C(=O)O)c1.CC(C)c1cccc(C(=O)O)c1.Oc1ccc2c(O)cccc2c1.Oc1ccc2cccc(O)c2c1.Oc1ccc2ccccc2c1.Oc1cccc2c(O)cccc12.Oc1cccc2ccccc12. The van der Waals surface area contributed by atoms with Gasteiger partial charge in [-0.15, -0.1) is 0 Å². The smallest absolute Gasteiger partial charge is 0.338 e. The van der Waals surface area contributed by atoms with E-state index in [0.29, 0.717) is 85.1 Å².